The van der Waals surface area contributed by atoms with E-state index in [1.165, 1.54) is 11.2 Å². The Kier molecular flexibility index (Phi) is 6.66. The Bertz CT molecular complexity index is 1280. The first kappa shape index (κ1) is 23.5. The Morgan fingerprint density at radius 3 is 2.56 bits per heavy atom. The summed E-state index contributed by atoms with van der Waals surface area (Å²) in [6, 6.07) is 14.8. The number of aliphatic hydroxyl groups excluding tert-OH is 1. The van der Waals surface area contributed by atoms with Crippen molar-refractivity contribution in [3.63, 3.8) is 0 Å². The average Bonchev–Trinajstić information content (AvgIpc) is 3.51. The molecule has 1 atom stereocenters. The summed E-state index contributed by atoms with van der Waals surface area (Å²) in [5.74, 6) is 0.510. The number of hydrogen-bond donors (Lipinski definition) is 1. The normalized spacial score (nSPS) is 18.5. The maximum absolute atomic E-state index is 13.3. The lowest BCUT2D eigenvalue weighted by Crippen LogP contribution is -2.29. The second-order valence-electron chi connectivity index (χ2n) is 8.64. The van der Waals surface area contributed by atoms with E-state index in [1.54, 1.807) is 30.3 Å². The van der Waals surface area contributed by atoms with Crippen LogP contribution in [0, 0.1) is 0 Å². The largest absolute Gasteiger partial charge is 0.507 e. The van der Waals surface area contributed by atoms with Crippen molar-refractivity contribution in [1.82, 2.24) is 4.90 Å². The molecule has 1 fully saturated rings. The van der Waals surface area contributed by atoms with Crippen molar-refractivity contribution < 1.29 is 33.3 Å². The molecule has 2 aliphatic heterocycles. The number of rotatable bonds is 8. The van der Waals surface area contributed by atoms with E-state index in [2.05, 4.69) is 6.92 Å². The highest BCUT2D eigenvalue weighted by Crippen LogP contribution is 2.42. The van der Waals surface area contributed by atoms with Crippen molar-refractivity contribution in [3.05, 3.63) is 83.3 Å². The zero-order chi connectivity index (χ0) is 25.1. The zero-order valence-corrected chi connectivity index (χ0v) is 19.9. The number of Topliss-reactive ketones (excluding diaryl/α,β-unsaturated/α-hetero) is 1. The number of hydrogen-bond acceptors (Lipinski definition) is 7. The Hall–Kier alpha value is -4.20. The van der Waals surface area contributed by atoms with E-state index in [-0.39, 0.29) is 17.9 Å². The first-order chi connectivity index (χ1) is 17.6. The van der Waals surface area contributed by atoms with Crippen LogP contribution < -0.4 is 14.2 Å². The summed E-state index contributed by atoms with van der Waals surface area (Å²) >= 11 is 0. The fraction of sp³-hybridized carbons (Fsp3) is 0.286. The molecule has 3 aromatic rings. The van der Waals surface area contributed by atoms with Crippen LogP contribution in [0.4, 0.5) is 0 Å². The molecule has 0 saturated carbocycles. The lowest BCUT2D eigenvalue weighted by Gasteiger charge is -2.25. The molecule has 36 heavy (non-hydrogen) atoms. The predicted molar refractivity (Wildman–Crippen MR) is 131 cm³/mol. The summed E-state index contributed by atoms with van der Waals surface area (Å²) in [5, 5.41) is 11.3. The van der Waals surface area contributed by atoms with Gasteiger partial charge in [0.15, 0.2) is 11.5 Å². The van der Waals surface area contributed by atoms with Crippen LogP contribution in [-0.2, 0) is 16.1 Å². The average molecular weight is 490 g/mol. The number of furan rings is 1. The maximum Gasteiger partial charge on any atom is 0.296 e. The third kappa shape index (κ3) is 4.54. The Morgan fingerprint density at radius 2 is 1.83 bits per heavy atom. The molecule has 5 rings (SSSR count). The van der Waals surface area contributed by atoms with Crippen LogP contribution in [0.3, 0.4) is 0 Å². The summed E-state index contributed by atoms with van der Waals surface area (Å²) in [5.41, 5.74) is 1.03. The van der Waals surface area contributed by atoms with Crippen LogP contribution in [-0.4, -0.2) is 41.5 Å². The highest BCUT2D eigenvalue weighted by Gasteiger charge is 2.46. The van der Waals surface area contributed by atoms with Crippen molar-refractivity contribution in [3.8, 4) is 17.2 Å². The molecule has 8 heteroatoms. The minimum absolute atomic E-state index is 0.00267. The van der Waals surface area contributed by atoms with Crippen molar-refractivity contribution in [2.75, 3.05) is 19.8 Å². The van der Waals surface area contributed by atoms with Crippen LogP contribution in [0.15, 0.2) is 70.9 Å². The van der Waals surface area contributed by atoms with Gasteiger partial charge in [0.2, 0.25) is 0 Å². The SMILES string of the molecule is CCCCOc1ccc([C@H]2C(=C(O)c3ccc4c(c3)OCCO4)C(=O)C(=O)N2Cc2ccco2)cc1. The van der Waals surface area contributed by atoms with Crippen LogP contribution in [0.5, 0.6) is 17.2 Å². The lowest BCUT2D eigenvalue weighted by atomic mass is 9.95. The van der Waals surface area contributed by atoms with E-state index in [0.29, 0.717) is 54.0 Å². The van der Waals surface area contributed by atoms with E-state index >= 15 is 0 Å². The smallest absolute Gasteiger partial charge is 0.296 e. The van der Waals surface area contributed by atoms with E-state index in [1.807, 2.05) is 24.3 Å². The standard InChI is InChI=1S/C28H27NO7/c1-2-3-12-33-20-9-6-18(7-10-20)25-24(27(31)28(32)29(25)17-21-5-4-13-34-21)26(30)19-8-11-22-23(16-19)36-15-14-35-22/h4-11,13,16,25,30H,2-3,12,14-15,17H2,1H3/t25-/m0/s1. The summed E-state index contributed by atoms with van der Waals surface area (Å²) in [6.45, 7) is 3.61. The third-order valence-corrected chi connectivity index (χ3v) is 6.22. The Labute approximate surface area is 208 Å². The predicted octanol–water partition coefficient (Wildman–Crippen LogP) is 4.85. The minimum Gasteiger partial charge on any atom is -0.507 e. The summed E-state index contributed by atoms with van der Waals surface area (Å²) in [7, 11) is 0. The van der Waals surface area contributed by atoms with Crippen LogP contribution >= 0.6 is 0 Å². The van der Waals surface area contributed by atoms with Gasteiger partial charge in [0, 0.05) is 5.56 Å². The second kappa shape index (κ2) is 10.2. The number of nitrogens with zero attached hydrogens (tertiary/aromatic N) is 1. The second-order valence-corrected chi connectivity index (χ2v) is 8.64. The molecule has 8 nitrogen and oxygen atoms in total. The summed E-state index contributed by atoms with van der Waals surface area (Å²) < 4.78 is 22.4. The lowest BCUT2D eigenvalue weighted by molar-refractivity contribution is -0.140. The van der Waals surface area contributed by atoms with E-state index in [9.17, 15) is 14.7 Å². The van der Waals surface area contributed by atoms with Gasteiger partial charge in [-0.15, -0.1) is 0 Å². The van der Waals surface area contributed by atoms with E-state index < -0.39 is 17.7 Å². The number of aliphatic hydroxyl groups is 1. The third-order valence-electron chi connectivity index (χ3n) is 6.22. The van der Waals surface area contributed by atoms with Gasteiger partial charge < -0.3 is 28.6 Å². The van der Waals surface area contributed by atoms with Gasteiger partial charge in [-0.1, -0.05) is 25.5 Å². The molecule has 0 unspecified atom stereocenters. The van der Waals surface area contributed by atoms with Gasteiger partial charge in [-0.25, -0.2) is 0 Å². The number of likely N-dealkylation sites (tertiary alicyclic amines) is 1. The molecule has 1 aromatic heterocycles. The van der Waals surface area contributed by atoms with Gasteiger partial charge in [-0.2, -0.15) is 0 Å². The summed E-state index contributed by atoms with van der Waals surface area (Å²) in [4.78, 5) is 27.8. The zero-order valence-electron chi connectivity index (χ0n) is 19.9. The molecular weight excluding hydrogens is 462 g/mol. The number of ketones is 1. The van der Waals surface area contributed by atoms with Gasteiger partial charge in [-0.3, -0.25) is 9.59 Å². The van der Waals surface area contributed by atoms with Gasteiger partial charge in [-0.05, 0) is 54.4 Å². The van der Waals surface area contributed by atoms with Crippen molar-refractivity contribution in [2.24, 2.45) is 0 Å². The molecule has 0 spiro atoms. The topological polar surface area (TPSA) is 98.4 Å². The number of ether oxygens (including phenoxy) is 3. The molecule has 1 amide bonds. The van der Waals surface area contributed by atoms with Gasteiger partial charge in [0.25, 0.3) is 11.7 Å². The van der Waals surface area contributed by atoms with Gasteiger partial charge in [0.05, 0.1) is 31.0 Å². The molecular formula is C28H27NO7. The number of amides is 1. The van der Waals surface area contributed by atoms with Crippen LogP contribution in [0.1, 0.15) is 42.7 Å². The van der Waals surface area contributed by atoms with E-state index in [0.717, 1.165) is 12.8 Å². The molecule has 186 valence electrons. The minimum atomic E-state index is -0.812. The highest BCUT2D eigenvalue weighted by molar-refractivity contribution is 6.46. The molecule has 0 bridgehead atoms. The fourth-order valence-corrected chi connectivity index (χ4v) is 4.39. The molecule has 1 saturated heterocycles. The molecule has 2 aromatic carbocycles. The Morgan fingerprint density at radius 1 is 1.06 bits per heavy atom. The molecule has 2 aliphatic rings. The van der Waals surface area contributed by atoms with Crippen molar-refractivity contribution in [2.45, 2.75) is 32.4 Å². The number of unbranched alkanes of at least 4 members (excludes halogenated alkanes) is 1. The monoisotopic (exact) mass is 489 g/mol. The number of fused-ring (bicyclic) bond motifs is 1. The van der Waals surface area contributed by atoms with Crippen LogP contribution in [0.25, 0.3) is 5.76 Å². The number of carbonyl (C=O) groups excluding carboxylic acids is 2. The number of benzene rings is 2. The number of carbonyl (C=O) groups is 2. The molecule has 1 N–H and O–H groups in total. The quantitative estimate of drug-likeness (QED) is 0.209. The highest BCUT2D eigenvalue weighted by atomic mass is 16.6. The van der Waals surface area contributed by atoms with E-state index in [4.69, 9.17) is 18.6 Å². The Balaban J connectivity index is 1.55. The maximum atomic E-state index is 13.3. The van der Waals surface area contributed by atoms with Gasteiger partial charge in [0.1, 0.15) is 30.5 Å². The first-order valence-electron chi connectivity index (χ1n) is 12.0. The molecule has 3 heterocycles. The first-order valence-corrected chi connectivity index (χ1v) is 12.0. The summed E-state index contributed by atoms with van der Waals surface area (Å²) in [6.07, 6.45) is 3.48. The molecule has 0 aliphatic carbocycles. The van der Waals surface area contributed by atoms with Gasteiger partial charge >= 0.3 is 0 Å². The van der Waals surface area contributed by atoms with Crippen molar-refractivity contribution in [1.29, 1.82) is 0 Å². The van der Waals surface area contributed by atoms with Crippen LogP contribution in [0.2, 0.25) is 0 Å². The molecule has 0 radical (unpaired) electrons. The fourth-order valence-electron chi connectivity index (χ4n) is 4.39. The van der Waals surface area contributed by atoms with Crippen molar-refractivity contribution >= 4 is 17.4 Å².